The molecular formula is C12H18BrNO2S. The molecule has 0 aliphatic carbocycles. The number of carboxylic acid groups (broad SMARTS) is 1. The highest BCUT2D eigenvalue weighted by molar-refractivity contribution is 9.10. The Morgan fingerprint density at radius 3 is 2.59 bits per heavy atom. The SMILES string of the molecule is CCN(C(C)c1cc(Br)cs1)C(C)(C)C(=O)O. The Balaban J connectivity index is 2.99. The number of carboxylic acids is 1. The van der Waals surface area contributed by atoms with Crippen molar-refractivity contribution in [1.82, 2.24) is 4.90 Å². The van der Waals surface area contributed by atoms with Crippen LogP contribution in [0.3, 0.4) is 0 Å². The number of hydrogen-bond donors (Lipinski definition) is 1. The molecule has 0 aliphatic heterocycles. The van der Waals surface area contributed by atoms with E-state index in [1.54, 1.807) is 25.2 Å². The van der Waals surface area contributed by atoms with Crippen LogP contribution in [0.25, 0.3) is 0 Å². The van der Waals surface area contributed by atoms with Gasteiger partial charge in [-0.3, -0.25) is 9.69 Å². The fraction of sp³-hybridized carbons (Fsp3) is 0.583. The van der Waals surface area contributed by atoms with Crippen molar-refractivity contribution < 1.29 is 9.90 Å². The lowest BCUT2D eigenvalue weighted by Crippen LogP contribution is -2.50. The van der Waals surface area contributed by atoms with Crippen LogP contribution in [-0.2, 0) is 4.79 Å². The second-order valence-corrected chi connectivity index (χ2v) is 6.35. The van der Waals surface area contributed by atoms with Crippen molar-refractivity contribution in [2.75, 3.05) is 6.54 Å². The molecule has 0 saturated heterocycles. The number of aliphatic carboxylic acids is 1. The highest BCUT2D eigenvalue weighted by Crippen LogP contribution is 2.33. The second-order valence-electron chi connectivity index (χ2n) is 4.49. The monoisotopic (exact) mass is 319 g/mol. The molecule has 3 nitrogen and oxygen atoms in total. The molecule has 0 spiro atoms. The molecule has 1 aromatic rings. The van der Waals surface area contributed by atoms with E-state index >= 15 is 0 Å². The first-order chi connectivity index (χ1) is 7.80. The lowest BCUT2D eigenvalue weighted by molar-refractivity contribution is -0.150. The van der Waals surface area contributed by atoms with Gasteiger partial charge < -0.3 is 5.11 Å². The molecule has 0 aliphatic rings. The average Bonchev–Trinajstić information content (AvgIpc) is 2.65. The summed E-state index contributed by atoms with van der Waals surface area (Å²) in [5.41, 5.74) is -0.857. The molecule has 17 heavy (non-hydrogen) atoms. The van der Waals surface area contributed by atoms with E-state index in [2.05, 4.69) is 22.0 Å². The standard InChI is InChI=1S/C12H18BrNO2S/c1-5-14(12(3,4)11(15)16)8(2)10-6-9(13)7-17-10/h6-8H,5H2,1-4H3,(H,15,16). The molecule has 1 heterocycles. The molecule has 5 heteroatoms. The third kappa shape index (κ3) is 3.09. The summed E-state index contributed by atoms with van der Waals surface area (Å²) in [6.45, 7) is 8.24. The fourth-order valence-electron chi connectivity index (χ4n) is 1.98. The van der Waals surface area contributed by atoms with Gasteiger partial charge in [-0.2, -0.15) is 0 Å². The number of halogens is 1. The molecule has 1 N–H and O–H groups in total. The first kappa shape index (κ1) is 14.7. The Labute approximate surface area is 115 Å². The van der Waals surface area contributed by atoms with Gasteiger partial charge in [-0.15, -0.1) is 11.3 Å². The maximum atomic E-state index is 11.3. The van der Waals surface area contributed by atoms with Crippen LogP contribution in [0, 0.1) is 0 Å². The van der Waals surface area contributed by atoms with Crippen molar-refractivity contribution in [2.45, 2.75) is 39.3 Å². The second kappa shape index (κ2) is 5.50. The van der Waals surface area contributed by atoms with E-state index in [0.29, 0.717) is 6.54 Å². The van der Waals surface area contributed by atoms with Crippen molar-refractivity contribution in [3.05, 3.63) is 20.8 Å². The average molecular weight is 320 g/mol. The zero-order valence-electron chi connectivity index (χ0n) is 10.5. The van der Waals surface area contributed by atoms with E-state index in [1.165, 1.54) is 4.88 Å². The van der Waals surface area contributed by atoms with Crippen molar-refractivity contribution in [1.29, 1.82) is 0 Å². The molecule has 1 unspecified atom stereocenters. The molecule has 0 fully saturated rings. The molecule has 96 valence electrons. The van der Waals surface area contributed by atoms with E-state index in [1.807, 2.05) is 24.1 Å². The van der Waals surface area contributed by atoms with Crippen molar-refractivity contribution in [3.8, 4) is 0 Å². The third-order valence-corrected chi connectivity index (χ3v) is 4.91. The summed E-state index contributed by atoms with van der Waals surface area (Å²) in [6.07, 6.45) is 0. The quantitative estimate of drug-likeness (QED) is 0.898. The summed E-state index contributed by atoms with van der Waals surface area (Å²) in [5, 5.41) is 11.3. The predicted octanol–water partition coefficient (Wildman–Crippen LogP) is 3.76. The van der Waals surface area contributed by atoms with E-state index in [-0.39, 0.29) is 6.04 Å². The molecule has 0 bridgehead atoms. The number of likely N-dealkylation sites (N-methyl/N-ethyl adjacent to an activating group) is 1. The van der Waals surface area contributed by atoms with Crippen LogP contribution in [0.2, 0.25) is 0 Å². The van der Waals surface area contributed by atoms with Gasteiger partial charge >= 0.3 is 5.97 Å². The van der Waals surface area contributed by atoms with Gasteiger partial charge in [0.2, 0.25) is 0 Å². The minimum absolute atomic E-state index is 0.0994. The minimum Gasteiger partial charge on any atom is -0.480 e. The zero-order valence-corrected chi connectivity index (χ0v) is 12.9. The van der Waals surface area contributed by atoms with Crippen LogP contribution in [0.15, 0.2) is 15.9 Å². The van der Waals surface area contributed by atoms with E-state index in [9.17, 15) is 9.90 Å². The van der Waals surface area contributed by atoms with Gasteiger partial charge in [0.25, 0.3) is 0 Å². The Bertz CT molecular complexity index is 403. The zero-order chi connectivity index (χ0) is 13.2. The number of thiophene rings is 1. The highest BCUT2D eigenvalue weighted by atomic mass is 79.9. The van der Waals surface area contributed by atoms with Crippen LogP contribution < -0.4 is 0 Å². The number of rotatable bonds is 5. The van der Waals surface area contributed by atoms with Crippen LogP contribution >= 0.6 is 27.3 Å². The largest absolute Gasteiger partial charge is 0.480 e. The maximum Gasteiger partial charge on any atom is 0.323 e. The summed E-state index contributed by atoms with van der Waals surface area (Å²) in [5.74, 6) is -0.790. The van der Waals surface area contributed by atoms with E-state index < -0.39 is 11.5 Å². The van der Waals surface area contributed by atoms with Crippen LogP contribution in [0.5, 0.6) is 0 Å². The summed E-state index contributed by atoms with van der Waals surface area (Å²) < 4.78 is 1.05. The summed E-state index contributed by atoms with van der Waals surface area (Å²) in [7, 11) is 0. The summed E-state index contributed by atoms with van der Waals surface area (Å²) in [4.78, 5) is 14.5. The smallest absolute Gasteiger partial charge is 0.323 e. The summed E-state index contributed by atoms with van der Waals surface area (Å²) >= 11 is 5.07. The molecule has 1 aromatic heterocycles. The Hall–Kier alpha value is -0.390. The van der Waals surface area contributed by atoms with Gasteiger partial charge in [-0.1, -0.05) is 6.92 Å². The molecule has 1 rings (SSSR count). The van der Waals surface area contributed by atoms with Crippen LogP contribution in [0.4, 0.5) is 0 Å². The molecule has 0 saturated carbocycles. The number of hydrogen-bond acceptors (Lipinski definition) is 3. The van der Waals surface area contributed by atoms with Gasteiger partial charge in [0.05, 0.1) is 0 Å². The van der Waals surface area contributed by atoms with E-state index in [0.717, 1.165) is 4.47 Å². The minimum atomic E-state index is -0.857. The third-order valence-electron chi connectivity index (χ3n) is 3.05. The fourth-order valence-corrected chi connectivity index (χ4v) is 3.49. The van der Waals surface area contributed by atoms with Gasteiger partial charge in [-0.25, -0.2) is 0 Å². The van der Waals surface area contributed by atoms with Crippen molar-refractivity contribution in [2.24, 2.45) is 0 Å². The highest BCUT2D eigenvalue weighted by Gasteiger charge is 2.37. The molecule has 0 aromatic carbocycles. The Morgan fingerprint density at radius 1 is 1.65 bits per heavy atom. The first-order valence-corrected chi connectivity index (χ1v) is 7.22. The summed E-state index contributed by atoms with van der Waals surface area (Å²) in [6, 6.07) is 2.15. The lowest BCUT2D eigenvalue weighted by atomic mass is 10.00. The Morgan fingerprint density at radius 2 is 2.24 bits per heavy atom. The van der Waals surface area contributed by atoms with Crippen molar-refractivity contribution >= 4 is 33.2 Å². The van der Waals surface area contributed by atoms with E-state index in [4.69, 9.17) is 0 Å². The number of carbonyl (C=O) groups is 1. The van der Waals surface area contributed by atoms with Gasteiger partial charge in [0, 0.05) is 20.8 Å². The van der Waals surface area contributed by atoms with Gasteiger partial charge in [0.1, 0.15) is 5.54 Å². The topological polar surface area (TPSA) is 40.5 Å². The molecule has 0 amide bonds. The molecular weight excluding hydrogens is 302 g/mol. The first-order valence-electron chi connectivity index (χ1n) is 5.54. The maximum absolute atomic E-state index is 11.3. The van der Waals surface area contributed by atoms with Gasteiger partial charge in [-0.05, 0) is 49.3 Å². The molecule has 1 atom stereocenters. The number of nitrogens with zero attached hydrogens (tertiary/aromatic N) is 1. The predicted molar refractivity (Wildman–Crippen MR) is 74.5 cm³/mol. The van der Waals surface area contributed by atoms with Crippen LogP contribution in [-0.4, -0.2) is 28.1 Å². The van der Waals surface area contributed by atoms with Crippen LogP contribution in [0.1, 0.15) is 38.6 Å². The van der Waals surface area contributed by atoms with Crippen molar-refractivity contribution in [3.63, 3.8) is 0 Å². The normalized spacial score (nSPS) is 14.0. The Kier molecular flexibility index (Phi) is 4.75. The lowest BCUT2D eigenvalue weighted by Gasteiger charge is -2.38. The molecule has 0 radical (unpaired) electrons. The van der Waals surface area contributed by atoms with Gasteiger partial charge in [0.15, 0.2) is 0 Å².